The summed E-state index contributed by atoms with van der Waals surface area (Å²) in [6.45, 7) is 6.88. The Labute approximate surface area is 130 Å². The van der Waals surface area contributed by atoms with E-state index in [4.69, 9.17) is 9.47 Å². The van der Waals surface area contributed by atoms with Crippen LogP contribution in [-0.4, -0.2) is 30.4 Å². The second-order valence-electron chi connectivity index (χ2n) is 7.53. The Bertz CT molecular complexity index is 553. The zero-order chi connectivity index (χ0) is 16.1. The van der Waals surface area contributed by atoms with E-state index in [1.807, 2.05) is 6.92 Å². The first-order chi connectivity index (χ1) is 10.3. The van der Waals surface area contributed by atoms with E-state index in [1.165, 1.54) is 0 Å². The van der Waals surface area contributed by atoms with Crippen LogP contribution in [0.3, 0.4) is 0 Å². The third-order valence-electron chi connectivity index (χ3n) is 5.69. The molecule has 0 N–H and O–H groups in total. The fraction of sp³-hybridized carbons (Fsp3) is 0.706. The smallest absolute Gasteiger partial charge is 0.344 e. The van der Waals surface area contributed by atoms with Crippen molar-refractivity contribution in [1.82, 2.24) is 0 Å². The highest BCUT2D eigenvalue weighted by molar-refractivity contribution is 5.90. The molecular formula is C17H22O5. The molecule has 0 aliphatic heterocycles. The Balaban J connectivity index is 1.75. The van der Waals surface area contributed by atoms with Gasteiger partial charge in [0.25, 0.3) is 0 Å². The molecule has 5 atom stereocenters. The maximum atomic E-state index is 12.7. The largest absolute Gasteiger partial charge is 0.458 e. The number of ketones is 1. The van der Waals surface area contributed by atoms with Crippen LogP contribution in [0.4, 0.5) is 0 Å². The molecule has 4 aliphatic carbocycles. The third kappa shape index (κ3) is 2.18. The zero-order valence-electron chi connectivity index (χ0n) is 13.1. The maximum Gasteiger partial charge on any atom is 0.344 e. The molecule has 120 valence electrons. The van der Waals surface area contributed by atoms with E-state index in [0.29, 0.717) is 5.92 Å². The van der Waals surface area contributed by atoms with Gasteiger partial charge in [-0.15, -0.1) is 0 Å². The van der Waals surface area contributed by atoms with E-state index in [-0.39, 0.29) is 17.1 Å². The Hall–Kier alpha value is -1.65. The highest BCUT2D eigenvalue weighted by Gasteiger charge is 2.66. The van der Waals surface area contributed by atoms with E-state index >= 15 is 0 Å². The van der Waals surface area contributed by atoms with E-state index in [0.717, 1.165) is 31.8 Å². The van der Waals surface area contributed by atoms with Gasteiger partial charge in [0.05, 0.1) is 5.41 Å². The topological polar surface area (TPSA) is 69.7 Å². The summed E-state index contributed by atoms with van der Waals surface area (Å²) in [7, 11) is 0. The summed E-state index contributed by atoms with van der Waals surface area (Å²) >= 11 is 0. The molecule has 0 aromatic heterocycles. The zero-order valence-corrected chi connectivity index (χ0v) is 13.1. The van der Waals surface area contributed by atoms with Crippen LogP contribution in [0.2, 0.25) is 0 Å². The predicted molar refractivity (Wildman–Crippen MR) is 77.7 cm³/mol. The van der Waals surface area contributed by atoms with Crippen molar-refractivity contribution in [2.45, 2.75) is 45.6 Å². The molecule has 5 unspecified atom stereocenters. The molecule has 0 aromatic carbocycles. The molecule has 4 bridgehead atoms. The lowest BCUT2D eigenvalue weighted by Crippen LogP contribution is -2.65. The summed E-state index contributed by atoms with van der Waals surface area (Å²) < 4.78 is 10.4. The summed E-state index contributed by atoms with van der Waals surface area (Å²) in [5.41, 5.74) is -0.733. The summed E-state index contributed by atoms with van der Waals surface area (Å²) in [4.78, 5) is 35.7. The van der Waals surface area contributed by atoms with Crippen molar-refractivity contribution < 1.29 is 23.9 Å². The normalized spacial score (nSPS) is 42.1. The second kappa shape index (κ2) is 4.93. The molecule has 0 heterocycles. The molecule has 0 saturated heterocycles. The molecule has 5 nitrogen and oxygen atoms in total. The van der Waals surface area contributed by atoms with Gasteiger partial charge in [0, 0.05) is 17.4 Å². The van der Waals surface area contributed by atoms with Gasteiger partial charge in [0.1, 0.15) is 11.9 Å². The van der Waals surface area contributed by atoms with Crippen LogP contribution in [-0.2, 0) is 23.9 Å². The van der Waals surface area contributed by atoms with Gasteiger partial charge in [-0.2, -0.15) is 0 Å². The third-order valence-corrected chi connectivity index (χ3v) is 5.69. The van der Waals surface area contributed by atoms with Crippen LogP contribution in [0, 0.1) is 22.7 Å². The highest BCUT2D eigenvalue weighted by atomic mass is 16.6. The molecule has 0 aromatic rings. The van der Waals surface area contributed by atoms with Gasteiger partial charge >= 0.3 is 11.9 Å². The first-order valence-corrected chi connectivity index (χ1v) is 7.81. The van der Waals surface area contributed by atoms with Crippen LogP contribution in [0.15, 0.2) is 12.7 Å². The lowest BCUT2D eigenvalue weighted by Gasteiger charge is -2.62. The summed E-state index contributed by atoms with van der Waals surface area (Å²) in [6.07, 6.45) is 4.15. The standard InChI is InChI=1S/C17H22O5/c1-4-12(18)21-9-13(19)22-15-16(2)6-10-5-11(8-16)14(20)17(15,3)7-10/h4,10-11,15H,1,5-9H2,2-3H3. The Morgan fingerprint density at radius 3 is 2.73 bits per heavy atom. The fourth-order valence-electron chi connectivity index (χ4n) is 5.24. The molecule has 5 heteroatoms. The highest BCUT2D eigenvalue weighted by Crippen LogP contribution is 2.64. The van der Waals surface area contributed by atoms with Crippen molar-refractivity contribution in [2.24, 2.45) is 22.7 Å². The number of hydrogen-bond donors (Lipinski definition) is 0. The maximum absolute atomic E-state index is 12.7. The van der Waals surface area contributed by atoms with Gasteiger partial charge in [0.2, 0.25) is 0 Å². The Kier molecular flexibility index (Phi) is 3.42. The lowest BCUT2D eigenvalue weighted by atomic mass is 9.43. The molecule has 4 saturated carbocycles. The monoisotopic (exact) mass is 306 g/mol. The van der Waals surface area contributed by atoms with Gasteiger partial charge in [-0.05, 0) is 38.5 Å². The number of carbonyl (C=O) groups excluding carboxylic acids is 3. The fourth-order valence-corrected chi connectivity index (χ4v) is 5.24. The average Bonchev–Trinajstić information content (AvgIpc) is 2.46. The first-order valence-electron chi connectivity index (χ1n) is 7.81. The lowest BCUT2D eigenvalue weighted by molar-refractivity contribution is -0.213. The molecule has 4 aliphatic rings. The average molecular weight is 306 g/mol. The van der Waals surface area contributed by atoms with E-state index in [9.17, 15) is 14.4 Å². The molecule has 0 amide bonds. The number of esters is 2. The van der Waals surface area contributed by atoms with Gasteiger partial charge in [0.15, 0.2) is 6.61 Å². The molecule has 22 heavy (non-hydrogen) atoms. The first kappa shape index (κ1) is 15.3. The number of ether oxygens (including phenoxy) is 2. The van der Waals surface area contributed by atoms with Crippen molar-refractivity contribution >= 4 is 17.7 Å². The van der Waals surface area contributed by atoms with E-state index in [1.54, 1.807) is 0 Å². The predicted octanol–water partition coefficient (Wildman–Crippen LogP) is 2.04. The summed E-state index contributed by atoms with van der Waals surface area (Å²) in [5, 5.41) is 0. The van der Waals surface area contributed by atoms with Crippen LogP contribution in [0.25, 0.3) is 0 Å². The van der Waals surface area contributed by atoms with Crippen molar-refractivity contribution in [1.29, 1.82) is 0 Å². The van der Waals surface area contributed by atoms with Crippen LogP contribution in [0.1, 0.15) is 39.5 Å². The Morgan fingerprint density at radius 2 is 2.05 bits per heavy atom. The van der Waals surface area contributed by atoms with Crippen molar-refractivity contribution in [2.75, 3.05) is 6.61 Å². The van der Waals surface area contributed by atoms with Gasteiger partial charge in [-0.3, -0.25) is 4.79 Å². The van der Waals surface area contributed by atoms with Gasteiger partial charge < -0.3 is 9.47 Å². The summed E-state index contributed by atoms with van der Waals surface area (Å²) in [5.74, 6) is -0.337. The van der Waals surface area contributed by atoms with Gasteiger partial charge in [-0.1, -0.05) is 13.5 Å². The molecule has 4 fully saturated rings. The molecule has 0 spiro atoms. The molecule has 0 radical (unpaired) electrons. The van der Waals surface area contributed by atoms with Gasteiger partial charge in [-0.25, -0.2) is 9.59 Å². The number of carbonyl (C=O) groups is 3. The quantitative estimate of drug-likeness (QED) is 0.587. The van der Waals surface area contributed by atoms with Crippen molar-refractivity contribution in [3.63, 3.8) is 0 Å². The minimum atomic E-state index is -0.657. The second-order valence-corrected chi connectivity index (χ2v) is 7.53. The minimum absolute atomic E-state index is 0.121. The summed E-state index contributed by atoms with van der Waals surface area (Å²) in [6, 6.07) is 0. The van der Waals surface area contributed by atoms with Crippen molar-refractivity contribution in [3.05, 3.63) is 12.7 Å². The molecular weight excluding hydrogens is 284 g/mol. The number of Topliss-reactive ketones (excluding diaryl/α,β-unsaturated/α-hetero) is 1. The number of rotatable bonds is 4. The van der Waals surface area contributed by atoms with Crippen LogP contribution >= 0.6 is 0 Å². The molecule has 4 rings (SSSR count). The van der Waals surface area contributed by atoms with Crippen LogP contribution < -0.4 is 0 Å². The Morgan fingerprint density at radius 1 is 1.32 bits per heavy atom. The number of hydrogen-bond acceptors (Lipinski definition) is 5. The SMILES string of the molecule is C=CC(=O)OCC(=O)OC1C2(C)CC3CC(C2)C(=O)C1(C)C3. The van der Waals surface area contributed by atoms with Crippen LogP contribution in [0.5, 0.6) is 0 Å². The van der Waals surface area contributed by atoms with Crippen molar-refractivity contribution in [3.8, 4) is 0 Å². The minimum Gasteiger partial charge on any atom is -0.458 e. The van der Waals surface area contributed by atoms with E-state index < -0.39 is 30.1 Å². The van der Waals surface area contributed by atoms with E-state index in [2.05, 4.69) is 13.5 Å².